The molecule has 86 valence electrons. The number of aliphatic hydroxyl groups excluding tert-OH is 1. The van der Waals surface area contributed by atoms with Crippen LogP contribution in [0.25, 0.3) is 0 Å². The topological polar surface area (TPSA) is 20.2 Å². The molecule has 0 bridgehead atoms. The van der Waals surface area contributed by atoms with Crippen molar-refractivity contribution < 1.29 is 5.11 Å². The largest absolute Gasteiger partial charge is 0.388 e. The number of benzene rings is 1. The van der Waals surface area contributed by atoms with Crippen LogP contribution in [0.15, 0.2) is 36.4 Å². The molecule has 0 amide bonds. The lowest BCUT2D eigenvalue weighted by Gasteiger charge is -2.20. The predicted molar refractivity (Wildman–Crippen MR) is 67.3 cm³/mol. The minimum Gasteiger partial charge on any atom is -0.388 e. The molecule has 0 spiro atoms. The summed E-state index contributed by atoms with van der Waals surface area (Å²) in [5.74, 6) is 0.389. The highest BCUT2D eigenvalue weighted by atomic mass is 16.3. The van der Waals surface area contributed by atoms with Crippen molar-refractivity contribution in [1.29, 1.82) is 0 Å². The molecule has 2 rings (SSSR count). The molecule has 1 aliphatic carbocycles. The van der Waals surface area contributed by atoms with Crippen molar-refractivity contribution in [3.63, 3.8) is 0 Å². The standard InChI is InChI=1S/C15H20O/c1-2-3-7-13-10-6-9-12-8-4-5-11-14(12)15(13)16/h2-5,8,11,13,15-16H,6-7,9-10H2,1H3. The van der Waals surface area contributed by atoms with Crippen LogP contribution < -0.4 is 0 Å². The molecule has 0 aromatic heterocycles. The van der Waals surface area contributed by atoms with Gasteiger partial charge in [-0.3, -0.25) is 0 Å². The molecule has 1 nitrogen and oxygen atoms in total. The van der Waals surface area contributed by atoms with Gasteiger partial charge in [0.2, 0.25) is 0 Å². The van der Waals surface area contributed by atoms with Crippen LogP contribution in [-0.4, -0.2) is 5.11 Å². The summed E-state index contributed by atoms with van der Waals surface area (Å²) in [6.07, 6.45) is 8.38. The fourth-order valence-electron chi connectivity index (χ4n) is 2.57. The predicted octanol–water partition coefficient (Wildman–Crippen LogP) is 3.64. The first-order valence-electron chi connectivity index (χ1n) is 6.20. The zero-order valence-electron chi connectivity index (χ0n) is 9.89. The van der Waals surface area contributed by atoms with Crippen molar-refractivity contribution in [2.24, 2.45) is 5.92 Å². The highest BCUT2D eigenvalue weighted by Crippen LogP contribution is 2.35. The van der Waals surface area contributed by atoms with Crippen LogP contribution in [0.3, 0.4) is 0 Å². The molecule has 1 aromatic carbocycles. The Balaban J connectivity index is 2.22. The maximum absolute atomic E-state index is 10.4. The average Bonchev–Trinajstić information content (AvgIpc) is 2.47. The third-order valence-electron chi connectivity index (χ3n) is 3.52. The Bertz CT molecular complexity index is 367. The van der Waals surface area contributed by atoms with Crippen molar-refractivity contribution in [1.82, 2.24) is 0 Å². The van der Waals surface area contributed by atoms with Crippen LogP contribution in [0.5, 0.6) is 0 Å². The van der Waals surface area contributed by atoms with Gasteiger partial charge in [-0.15, -0.1) is 0 Å². The summed E-state index contributed by atoms with van der Waals surface area (Å²) in [5, 5.41) is 10.4. The van der Waals surface area contributed by atoms with Crippen molar-refractivity contribution >= 4 is 0 Å². The highest BCUT2D eigenvalue weighted by Gasteiger charge is 2.24. The van der Waals surface area contributed by atoms with E-state index < -0.39 is 0 Å². The molecule has 0 saturated heterocycles. The summed E-state index contributed by atoms with van der Waals surface area (Å²) in [7, 11) is 0. The van der Waals surface area contributed by atoms with Gasteiger partial charge in [-0.2, -0.15) is 0 Å². The summed E-state index contributed by atoms with van der Waals surface area (Å²) < 4.78 is 0. The third kappa shape index (κ3) is 2.35. The van der Waals surface area contributed by atoms with Crippen LogP contribution in [0.4, 0.5) is 0 Å². The molecular weight excluding hydrogens is 196 g/mol. The first kappa shape index (κ1) is 11.4. The van der Waals surface area contributed by atoms with Gasteiger partial charge in [-0.25, -0.2) is 0 Å². The van der Waals surface area contributed by atoms with E-state index >= 15 is 0 Å². The number of fused-ring (bicyclic) bond motifs is 1. The molecule has 2 atom stereocenters. The van der Waals surface area contributed by atoms with Crippen molar-refractivity contribution in [3.05, 3.63) is 47.5 Å². The number of hydrogen-bond acceptors (Lipinski definition) is 1. The second-order valence-corrected chi connectivity index (χ2v) is 4.60. The summed E-state index contributed by atoms with van der Waals surface area (Å²) in [5.41, 5.74) is 2.48. The monoisotopic (exact) mass is 216 g/mol. The van der Waals surface area contributed by atoms with E-state index in [0.717, 1.165) is 24.8 Å². The van der Waals surface area contributed by atoms with Gasteiger partial charge in [-0.05, 0) is 49.7 Å². The lowest BCUT2D eigenvalue weighted by molar-refractivity contribution is 0.106. The maximum Gasteiger partial charge on any atom is 0.0823 e. The average molecular weight is 216 g/mol. The Kier molecular flexibility index (Phi) is 3.79. The van der Waals surface area contributed by atoms with Crippen LogP contribution >= 0.6 is 0 Å². The Morgan fingerprint density at radius 2 is 2.19 bits per heavy atom. The van der Waals surface area contributed by atoms with Gasteiger partial charge in [0.05, 0.1) is 6.10 Å². The van der Waals surface area contributed by atoms with Gasteiger partial charge in [0.25, 0.3) is 0 Å². The van der Waals surface area contributed by atoms with E-state index in [4.69, 9.17) is 0 Å². The number of hydrogen-bond donors (Lipinski definition) is 1. The molecule has 0 fully saturated rings. The Labute approximate surface area is 97.8 Å². The number of rotatable bonds is 2. The molecule has 16 heavy (non-hydrogen) atoms. The van der Waals surface area contributed by atoms with Crippen molar-refractivity contribution in [2.75, 3.05) is 0 Å². The fraction of sp³-hybridized carbons (Fsp3) is 0.467. The third-order valence-corrected chi connectivity index (χ3v) is 3.52. The molecule has 0 radical (unpaired) electrons. The van der Waals surface area contributed by atoms with Gasteiger partial charge < -0.3 is 5.11 Å². The molecule has 0 aliphatic heterocycles. The van der Waals surface area contributed by atoms with Gasteiger partial charge >= 0.3 is 0 Å². The lowest BCUT2D eigenvalue weighted by Crippen LogP contribution is -2.11. The molecular formula is C15H20O. The number of aryl methyl sites for hydroxylation is 1. The van der Waals surface area contributed by atoms with Gasteiger partial charge in [0.1, 0.15) is 0 Å². The van der Waals surface area contributed by atoms with E-state index in [1.807, 2.05) is 13.0 Å². The Hall–Kier alpha value is -1.08. The van der Waals surface area contributed by atoms with E-state index in [2.05, 4.69) is 30.4 Å². The first-order chi connectivity index (χ1) is 7.83. The van der Waals surface area contributed by atoms with Crippen LogP contribution in [0.1, 0.15) is 43.4 Å². The summed E-state index contributed by atoms with van der Waals surface area (Å²) >= 11 is 0. The highest BCUT2D eigenvalue weighted by molar-refractivity contribution is 5.30. The Morgan fingerprint density at radius 1 is 1.38 bits per heavy atom. The summed E-state index contributed by atoms with van der Waals surface area (Å²) in [6, 6.07) is 8.32. The van der Waals surface area contributed by atoms with E-state index in [1.165, 1.54) is 12.0 Å². The second-order valence-electron chi connectivity index (χ2n) is 4.60. The summed E-state index contributed by atoms with van der Waals surface area (Å²) in [6.45, 7) is 2.04. The SMILES string of the molecule is CC=CCC1CCCc2ccccc2C1O. The number of allylic oxidation sites excluding steroid dienone is 2. The van der Waals surface area contributed by atoms with E-state index in [-0.39, 0.29) is 6.10 Å². The molecule has 0 saturated carbocycles. The van der Waals surface area contributed by atoms with E-state index in [9.17, 15) is 5.11 Å². The minimum absolute atomic E-state index is 0.283. The lowest BCUT2D eigenvalue weighted by atomic mass is 9.90. The van der Waals surface area contributed by atoms with E-state index in [0.29, 0.717) is 5.92 Å². The minimum atomic E-state index is -0.283. The smallest absolute Gasteiger partial charge is 0.0823 e. The number of aliphatic hydroxyl groups is 1. The summed E-state index contributed by atoms with van der Waals surface area (Å²) in [4.78, 5) is 0. The van der Waals surface area contributed by atoms with Gasteiger partial charge in [0, 0.05) is 0 Å². The zero-order chi connectivity index (χ0) is 11.4. The Morgan fingerprint density at radius 3 is 3.00 bits per heavy atom. The van der Waals surface area contributed by atoms with Crippen LogP contribution in [-0.2, 0) is 6.42 Å². The van der Waals surface area contributed by atoms with E-state index in [1.54, 1.807) is 0 Å². The van der Waals surface area contributed by atoms with Gasteiger partial charge in [0.15, 0.2) is 0 Å². The van der Waals surface area contributed by atoms with Crippen LogP contribution in [0, 0.1) is 5.92 Å². The molecule has 2 unspecified atom stereocenters. The normalized spacial score (nSPS) is 25.4. The maximum atomic E-state index is 10.4. The van der Waals surface area contributed by atoms with Gasteiger partial charge in [-0.1, -0.05) is 36.4 Å². The zero-order valence-corrected chi connectivity index (χ0v) is 9.89. The molecule has 1 aromatic rings. The molecule has 1 aliphatic rings. The molecule has 0 heterocycles. The molecule has 1 N–H and O–H groups in total. The fourth-order valence-corrected chi connectivity index (χ4v) is 2.57. The van der Waals surface area contributed by atoms with Crippen LogP contribution in [0.2, 0.25) is 0 Å². The second kappa shape index (κ2) is 5.31. The first-order valence-corrected chi connectivity index (χ1v) is 6.20. The van der Waals surface area contributed by atoms with Crippen molar-refractivity contribution in [3.8, 4) is 0 Å². The quantitative estimate of drug-likeness (QED) is 0.591. The van der Waals surface area contributed by atoms with Crippen molar-refractivity contribution in [2.45, 2.75) is 38.7 Å². The molecule has 1 heteroatoms.